The smallest absolute Gasteiger partial charge is 0.327 e. The van der Waals surface area contributed by atoms with Crippen LogP contribution in [-0.4, -0.2) is 44.8 Å². The van der Waals surface area contributed by atoms with E-state index >= 15 is 0 Å². The van der Waals surface area contributed by atoms with Crippen LogP contribution in [0, 0.1) is 6.67 Å². The topological polar surface area (TPSA) is 152 Å². The highest BCUT2D eigenvalue weighted by molar-refractivity contribution is 8.01. The summed E-state index contributed by atoms with van der Waals surface area (Å²) in [5, 5.41) is 14.6. The number of H-pyrrole nitrogens is 1. The lowest BCUT2D eigenvalue weighted by atomic mass is 10.5. The first-order valence-electron chi connectivity index (χ1n) is 6.70. The van der Waals surface area contributed by atoms with Gasteiger partial charge in [-0.05, 0) is 11.9 Å². The van der Waals surface area contributed by atoms with Crippen LogP contribution in [0.15, 0.2) is 28.1 Å². The Morgan fingerprint density at radius 1 is 1.16 bits per heavy atom. The molecule has 15 heteroatoms. The number of rotatable bonds is 4. The van der Waals surface area contributed by atoms with E-state index in [9.17, 15) is 0 Å². The second kappa shape index (κ2) is 5.78. The molecule has 1 unspecified atom stereocenters. The van der Waals surface area contributed by atoms with Gasteiger partial charge < -0.3 is 9.05 Å². The third-order valence-electron chi connectivity index (χ3n) is 3.10. The van der Waals surface area contributed by atoms with E-state index in [-0.39, 0.29) is 17.2 Å². The Kier molecular flexibility index (Phi) is 3.30. The monoisotopic (exact) mass is 376 g/mol. The predicted octanol–water partition coefficient (Wildman–Crippen LogP) is 0.882. The van der Waals surface area contributed by atoms with Crippen molar-refractivity contribution in [2.75, 3.05) is 9.21 Å². The average molecular weight is 376 g/mol. The van der Waals surface area contributed by atoms with Crippen LogP contribution in [-0.2, 0) is 0 Å². The van der Waals surface area contributed by atoms with Crippen LogP contribution >= 0.6 is 23.5 Å². The van der Waals surface area contributed by atoms with Crippen LogP contribution in [0.25, 0.3) is 11.6 Å². The largest absolute Gasteiger partial charge is 0.343 e. The van der Waals surface area contributed by atoms with Gasteiger partial charge in [0.2, 0.25) is 23.2 Å². The van der Waals surface area contributed by atoms with Crippen LogP contribution in [0.5, 0.6) is 0 Å². The fourth-order valence-electron chi connectivity index (χ4n) is 2.06. The van der Waals surface area contributed by atoms with E-state index in [1.165, 1.54) is 42.5 Å². The molecule has 5 rings (SSSR count). The summed E-state index contributed by atoms with van der Waals surface area (Å²) in [5.41, 5.74) is 0. The van der Waals surface area contributed by atoms with Gasteiger partial charge in [-0.25, -0.2) is 9.97 Å². The van der Waals surface area contributed by atoms with E-state index in [1.54, 1.807) is 11.6 Å². The van der Waals surface area contributed by atoms with Gasteiger partial charge in [-0.1, -0.05) is 10.3 Å². The minimum Gasteiger partial charge on any atom is -0.343 e. The molecule has 0 bridgehead atoms. The van der Waals surface area contributed by atoms with Crippen molar-refractivity contribution < 1.29 is 9.05 Å². The summed E-state index contributed by atoms with van der Waals surface area (Å²) in [4.78, 5) is 18.3. The lowest BCUT2D eigenvalue weighted by Gasteiger charge is -2.14. The summed E-state index contributed by atoms with van der Waals surface area (Å²) in [5.74, 6) is 1.14. The Bertz CT molecular complexity index is 938. The Morgan fingerprint density at radius 3 is 2.92 bits per heavy atom. The van der Waals surface area contributed by atoms with Gasteiger partial charge in [0.1, 0.15) is 12.7 Å². The van der Waals surface area contributed by atoms with Crippen LogP contribution in [0.2, 0.25) is 0 Å². The lowest BCUT2D eigenvalue weighted by molar-refractivity contribution is 0.403. The van der Waals surface area contributed by atoms with Gasteiger partial charge in [-0.3, -0.25) is 14.3 Å². The normalized spacial score (nSPS) is 17.5. The fourth-order valence-corrected chi connectivity index (χ4v) is 3.65. The first-order chi connectivity index (χ1) is 12.4. The quantitative estimate of drug-likeness (QED) is 0.502. The molecule has 1 saturated heterocycles. The molecule has 13 nitrogen and oxygen atoms in total. The SMILES string of the molecule is [CH]1N(c2ncns2)SC(c2ncon2)N1c1nc(-c2ncn[nH]2)no1. The van der Waals surface area contributed by atoms with Crippen molar-refractivity contribution in [1.82, 2.24) is 44.8 Å². The van der Waals surface area contributed by atoms with E-state index in [0.29, 0.717) is 16.8 Å². The van der Waals surface area contributed by atoms with Crippen molar-refractivity contribution in [2.24, 2.45) is 0 Å². The summed E-state index contributed by atoms with van der Waals surface area (Å²) in [7, 11) is 0. The summed E-state index contributed by atoms with van der Waals surface area (Å²) < 4.78 is 16.0. The van der Waals surface area contributed by atoms with Crippen molar-refractivity contribution >= 4 is 34.6 Å². The number of nitrogens with one attached hydrogen (secondary N) is 1. The van der Waals surface area contributed by atoms with E-state index in [1.807, 2.05) is 4.31 Å². The zero-order valence-electron chi connectivity index (χ0n) is 12.0. The summed E-state index contributed by atoms with van der Waals surface area (Å²) >= 11 is 2.65. The van der Waals surface area contributed by atoms with Crippen molar-refractivity contribution in [3.8, 4) is 11.6 Å². The number of hydrogen-bond acceptors (Lipinski definition) is 14. The van der Waals surface area contributed by atoms with Crippen LogP contribution in [0.1, 0.15) is 11.2 Å². The highest BCUT2D eigenvalue weighted by atomic mass is 32.2. The van der Waals surface area contributed by atoms with Crippen molar-refractivity contribution in [3.63, 3.8) is 0 Å². The third kappa shape index (κ3) is 2.49. The minimum absolute atomic E-state index is 0.237. The third-order valence-corrected chi connectivity index (χ3v) is 5.01. The highest BCUT2D eigenvalue weighted by Gasteiger charge is 2.40. The lowest BCUT2D eigenvalue weighted by Crippen LogP contribution is -2.21. The molecule has 1 aliphatic heterocycles. The van der Waals surface area contributed by atoms with Gasteiger partial charge in [0.15, 0.2) is 17.9 Å². The molecule has 4 aromatic rings. The molecule has 5 heterocycles. The summed E-state index contributed by atoms with van der Waals surface area (Å²) in [6.07, 6.45) is 4.10. The molecule has 0 aromatic carbocycles. The molecule has 25 heavy (non-hydrogen) atoms. The van der Waals surface area contributed by atoms with Crippen molar-refractivity contribution in [3.05, 3.63) is 31.5 Å². The molecule has 0 saturated carbocycles. The summed E-state index contributed by atoms with van der Waals surface area (Å²) in [6.45, 7) is 1.75. The second-order valence-electron chi connectivity index (χ2n) is 4.55. The summed E-state index contributed by atoms with van der Waals surface area (Å²) in [6, 6.07) is 0.237. The molecule has 0 spiro atoms. The van der Waals surface area contributed by atoms with Gasteiger partial charge in [0.05, 0.1) is 0 Å². The molecule has 4 aromatic heterocycles. The van der Waals surface area contributed by atoms with E-state index in [4.69, 9.17) is 9.05 Å². The van der Waals surface area contributed by atoms with Gasteiger partial charge in [-0.2, -0.15) is 19.4 Å². The predicted molar refractivity (Wildman–Crippen MR) is 83.5 cm³/mol. The van der Waals surface area contributed by atoms with Gasteiger partial charge in [0.25, 0.3) is 0 Å². The molecule has 1 atom stereocenters. The first-order valence-corrected chi connectivity index (χ1v) is 8.31. The maximum atomic E-state index is 5.35. The Balaban J connectivity index is 1.49. The van der Waals surface area contributed by atoms with Gasteiger partial charge in [0, 0.05) is 11.5 Å². The second-order valence-corrected chi connectivity index (χ2v) is 6.36. The average Bonchev–Trinajstić information content (AvgIpc) is 3.48. The Labute approximate surface area is 146 Å². The fraction of sp³-hybridized carbons (Fsp3) is 0.100. The molecule has 1 N–H and O–H groups in total. The number of hydrogen-bond donors (Lipinski definition) is 1. The van der Waals surface area contributed by atoms with Crippen LogP contribution in [0.4, 0.5) is 11.1 Å². The molecule has 1 aliphatic rings. The molecule has 1 fully saturated rings. The highest BCUT2D eigenvalue weighted by Crippen LogP contribution is 2.46. The molecule has 125 valence electrons. The number of anilines is 2. The van der Waals surface area contributed by atoms with Crippen molar-refractivity contribution in [1.29, 1.82) is 0 Å². The van der Waals surface area contributed by atoms with Crippen molar-refractivity contribution in [2.45, 2.75) is 5.37 Å². The van der Waals surface area contributed by atoms with Crippen LogP contribution < -0.4 is 9.21 Å². The number of aromatic nitrogens is 9. The van der Waals surface area contributed by atoms with E-state index < -0.39 is 0 Å². The molecule has 1 radical (unpaired) electrons. The molecular weight excluding hydrogens is 370 g/mol. The first kappa shape index (κ1) is 14.3. The molecular formula is C10H6N11O2S2. The molecule has 0 amide bonds. The van der Waals surface area contributed by atoms with Gasteiger partial charge in [-0.15, -0.1) is 0 Å². The van der Waals surface area contributed by atoms with Crippen LogP contribution in [0.3, 0.4) is 0 Å². The maximum absolute atomic E-state index is 5.35. The van der Waals surface area contributed by atoms with E-state index in [0.717, 1.165) is 0 Å². The zero-order valence-corrected chi connectivity index (χ0v) is 13.6. The maximum Gasteiger partial charge on any atom is 0.327 e. The van der Waals surface area contributed by atoms with Gasteiger partial charge >= 0.3 is 6.01 Å². The number of nitrogens with zero attached hydrogens (tertiary/aromatic N) is 10. The minimum atomic E-state index is -0.370. The number of aromatic amines is 1. The Morgan fingerprint density at radius 2 is 2.16 bits per heavy atom. The van der Waals surface area contributed by atoms with E-state index in [2.05, 4.69) is 44.8 Å². The standard InChI is InChI=1S/C10H6N11O2S2/c1-11-5(17-14-1)6-16-9(23-19-6)20-4-21(10-12-2-15-24-10)25-8(20)7-13-3-22-18-7/h1-4,8H,(H,11,14,17). The Hall–Kier alpha value is -3.07. The zero-order chi connectivity index (χ0) is 16.6. The molecule has 0 aliphatic carbocycles.